The van der Waals surface area contributed by atoms with E-state index in [0.29, 0.717) is 11.5 Å². The van der Waals surface area contributed by atoms with Gasteiger partial charge in [0.25, 0.3) is 0 Å². The van der Waals surface area contributed by atoms with E-state index in [-0.39, 0.29) is 25.0 Å². The summed E-state index contributed by atoms with van der Waals surface area (Å²) in [5, 5.41) is 0. The molecule has 144 valence electrons. The van der Waals surface area contributed by atoms with Crippen LogP contribution in [-0.2, 0) is 18.0 Å². The fourth-order valence-corrected chi connectivity index (χ4v) is 2.42. The van der Waals surface area contributed by atoms with Gasteiger partial charge in [-0.2, -0.15) is 15.0 Å². The largest absolute Gasteiger partial charge is 0.489 e. The monoisotopic (exact) mass is 379 g/mol. The molecule has 28 heavy (non-hydrogen) atoms. The second-order valence-electron chi connectivity index (χ2n) is 6.14. The van der Waals surface area contributed by atoms with Crippen molar-refractivity contribution >= 4 is 17.9 Å². The van der Waals surface area contributed by atoms with Crippen LogP contribution in [0.4, 0.5) is 11.9 Å². The van der Waals surface area contributed by atoms with Gasteiger partial charge in [-0.15, -0.1) is 0 Å². The first kappa shape index (κ1) is 19.1. The van der Waals surface area contributed by atoms with Crippen molar-refractivity contribution in [2.45, 2.75) is 13.2 Å². The molecule has 0 saturated heterocycles. The standard InChI is InChI=1S/C20H21N5O3/c1-25(2)20-23-17(22-19(21)24-20)13-28-18(26)16-11-7-6-8-14(16)12-27-15-9-4-3-5-10-15/h3-11H,12-13H2,1-2H3,(H2,21,22,23,24). The molecule has 2 N–H and O–H groups in total. The lowest BCUT2D eigenvalue weighted by atomic mass is 10.1. The Labute approximate surface area is 163 Å². The average Bonchev–Trinajstić information content (AvgIpc) is 2.71. The number of rotatable bonds is 7. The van der Waals surface area contributed by atoms with Crippen LogP contribution in [0.2, 0.25) is 0 Å². The zero-order valence-corrected chi connectivity index (χ0v) is 15.7. The number of carbonyl (C=O) groups excluding carboxylic acids is 1. The first-order chi connectivity index (χ1) is 13.5. The predicted octanol–water partition coefficient (Wildman–Crippen LogP) is 2.46. The normalized spacial score (nSPS) is 10.4. The first-order valence-corrected chi connectivity index (χ1v) is 8.63. The number of para-hydroxylation sites is 1. The van der Waals surface area contributed by atoms with E-state index in [9.17, 15) is 4.79 Å². The van der Waals surface area contributed by atoms with E-state index in [1.54, 1.807) is 31.1 Å². The molecule has 1 heterocycles. The lowest BCUT2D eigenvalue weighted by molar-refractivity contribution is 0.0459. The van der Waals surface area contributed by atoms with Crippen LogP contribution in [0.1, 0.15) is 21.7 Å². The van der Waals surface area contributed by atoms with E-state index in [2.05, 4.69) is 15.0 Å². The number of carbonyl (C=O) groups is 1. The summed E-state index contributed by atoms with van der Waals surface area (Å²) in [7, 11) is 3.57. The summed E-state index contributed by atoms with van der Waals surface area (Å²) in [6.45, 7) is 0.138. The molecule has 0 amide bonds. The summed E-state index contributed by atoms with van der Waals surface area (Å²) in [6, 6.07) is 16.5. The minimum absolute atomic E-state index is 0.0708. The van der Waals surface area contributed by atoms with Crippen LogP contribution in [0.3, 0.4) is 0 Å². The van der Waals surface area contributed by atoms with Gasteiger partial charge >= 0.3 is 5.97 Å². The lowest BCUT2D eigenvalue weighted by Gasteiger charge is -2.12. The third-order valence-corrected chi connectivity index (χ3v) is 3.79. The maximum Gasteiger partial charge on any atom is 0.338 e. The van der Waals surface area contributed by atoms with E-state index in [4.69, 9.17) is 15.2 Å². The first-order valence-electron chi connectivity index (χ1n) is 8.63. The van der Waals surface area contributed by atoms with Crippen molar-refractivity contribution in [2.75, 3.05) is 24.7 Å². The maximum atomic E-state index is 12.6. The number of esters is 1. The minimum atomic E-state index is -0.488. The van der Waals surface area contributed by atoms with Crippen LogP contribution < -0.4 is 15.4 Å². The molecule has 8 heteroatoms. The number of hydrogen-bond acceptors (Lipinski definition) is 8. The molecular weight excluding hydrogens is 358 g/mol. The summed E-state index contributed by atoms with van der Waals surface area (Å²) in [4.78, 5) is 26.5. The molecule has 0 saturated carbocycles. The van der Waals surface area contributed by atoms with Gasteiger partial charge in [-0.1, -0.05) is 36.4 Å². The van der Waals surface area contributed by atoms with Crippen LogP contribution in [-0.4, -0.2) is 35.0 Å². The Morgan fingerprint density at radius 3 is 2.43 bits per heavy atom. The lowest BCUT2D eigenvalue weighted by Crippen LogP contribution is -2.17. The smallest absolute Gasteiger partial charge is 0.338 e. The van der Waals surface area contributed by atoms with Gasteiger partial charge in [-0.3, -0.25) is 0 Å². The predicted molar refractivity (Wildman–Crippen MR) is 105 cm³/mol. The van der Waals surface area contributed by atoms with Gasteiger partial charge in [0.1, 0.15) is 12.4 Å². The van der Waals surface area contributed by atoms with Gasteiger partial charge in [0, 0.05) is 19.7 Å². The van der Waals surface area contributed by atoms with Crippen LogP contribution in [0.15, 0.2) is 54.6 Å². The molecule has 3 rings (SSSR count). The molecule has 0 radical (unpaired) electrons. The Bertz CT molecular complexity index is 948. The quantitative estimate of drug-likeness (QED) is 0.625. The van der Waals surface area contributed by atoms with Gasteiger partial charge in [0.05, 0.1) is 5.56 Å². The van der Waals surface area contributed by atoms with Crippen molar-refractivity contribution in [2.24, 2.45) is 0 Å². The number of nitrogen functional groups attached to an aromatic ring is 1. The third kappa shape index (κ3) is 4.94. The molecule has 0 aliphatic rings. The highest BCUT2D eigenvalue weighted by atomic mass is 16.5. The molecule has 0 fully saturated rings. The minimum Gasteiger partial charge on any atom is -0.489 e. The number of ether oxygens (including phenoxy) is 2. The number of anilines is 2. The number of aromatic nitrogens is 3. The molecule has 0 atom stereocenters. The third-order valence-electron chi connectivity index (χ3n) is 3.79. The highest BCUT2D eigenvalue weighted by molar-refractivity contribution is 5.91. The Hall–Kier alpha value is -3.68. The maximum absolute atomic E-state index is 12.6. The molecule has 2 aromatic carbocycles. The van der Waals surface area contributed by atoms with Crippen molar-refractivity contribution in [1.29, 1.82) is 0 Å². The highest BCUT2D eigenvalue weighted by Gasteiger charge is 2.15. The van der Waals surface area contributed by atoms with E-state index >= 15 is 0 Å². The second-order valence-corrected chi connectivity index (χ2v) is 6.14. The summed E-state index contributed by atoms with van der Waals surface area (Å²) >= 11 is 0. The number of benzene rings is 2. The van der Waals surface area contributed by atoms with Crippen LogP contribution in [0.5, 0.6) is 5.75 Å². The summed E-state index contributed by atoms with van der Waals surface area (Å²) in [5.41, 5.74) is 6.83. The van der Waals surface area contributed by atoms with Gasteiger partial charge in [0.2, 0.25) is 11.9 Å². The Morgan fingerprint density at radius 2 is 1.68 bits per heavy atom. The van der Waals surface area contributed by atoms with Crippen LogP contribution >= 0.6 is 0 Å². The highest BCUT2D eigenvalue weighted by Crippen LogP contribution is 2.16. The Balaban J connectivity index is 1.68. The molecule has 3 aromatic rings. The van der Waals surface area contributed by atoms with Crippen molar-refractivity contribution in [3.8, 4) is 5.75 Å². The molecule has 0 bridgehead atoms. The number of nitrogens with two attached hydrogens (primary N) is 1. The van der Waals surface area contributed by atoms with E-state index < -0.39 is 5.97 Å². The van der Waals surface area contributed by atoms with Gasteiger partial charge in [0.15, 0.2) is 12.4 Å². The average molecular weight is 379 g/mol. The summed E-state index contributed by atoms with van der Waals surface area (Å²) < 4.78 is 11.1. The van der Waals surface area contributed by atoms with Crippen LogP contribution in [0.25, 0.3) is 0 Å². The van der Waals surface area contributed by atoms with Crippen LogP contribution in [0, 0.1) is 0 Å². The van der Waals surface area contributed by atoms with Gasteiger partial charge in [-0.25, -0.2) is 4.79 Å². The summed E-state index contributed by atoms with van der Waals surface area (Å²) in [5.74, 6) is 0.986. The molecular formula is C20H21N5O3. The Kier molecular flexibility index (Phi) is 6.01. The molecule has 8 nitrogen and oxygen atoms in total. The topological polar surface area (TPSA) is 103 Å². The molecule has 0 aliphatic heterocycles. The number of nitrogens with zero attached hydrogens (tertiary/aromatic N) is 4. The van der Waals surface area contributed by atoms with E-state index in [0.717, 1.165) is 11.3 Å². The SMILES string of the molecule is CN(C)c1nc(N)nc(COC(=O)c2ccccc2COc2ccccc2)n1. The fourth-order valence-electron chi connectivity index (χ4n) is 2.42. The van der Waals surface area contributed by atoms with E-state index in [1.165, 1.54) is 0 Å². The fraction of sp³-hybridized carbons (Fsp3) is 0.200. The molecule has 0 aliphatic carbocycles. The molecule has 0 spiro atoms. The summed E-state index contributed by atoms with van der Waals surface area (Å²) in [6.07, 6.45) is 0. The number of hydrogen-bond donors (Lipinski definition) is 1. The Morgan fingerprint density at radius 1 is 0.964 bits per heavy atom. The zero-order valence-electron chi connectivity index (χ0n) is 15.7. The van der Waals surface area contributed by atoms with E-state index in [1.807, 2.05) is 42.5 Å². The van der Waals surface area contributed by atoms with Crippen molar-refractivity contribution in [3.05, 3.63) is 71.5 Å². The van der Waals surface area contributed by atoms with Gasteiger partial charge in [-0.05, 0) is 18.2 Å². The van der Waals surface area contributed by atoms with Crippen molar-refractivity contribution < 1.29 is 14.3 Å². The second kappa shape index (κ2) is 8.81. The van der Waals surface area contributed by atoms with Crippen molar-refractivity contribution in [3.63, 3.8) is 0 Å². The van der Waals surface area contributed by atoms with Crippen molar-refractivity contribution in [1.82, 2.24) is 15.0 Å². The molecule has 1 aromatic heterocycles. The zero-order chi connectivity index (χ0) is 19.9. The van der Waals surface area contributed by atoms with Gasteiger partial charge < -0.3 is 20.1 Å². The molecule has 0 unspecified atom stereocenters.